The number of carbonyl (C=O) groups is 1. The molecule has 0 aromatic heterocycles. The van der Waals surface area contributed by atoms with Crippen LogP contribution >= 0.6 is 0 Å². The molecule has 1 amide bonds. The number of nitrogens with one attached hydrogen (secondary N) is 1. The Morgan fingerprint density at radius 1 is 1.33 bits per heavy atom. The lowest BCUT2D eigenvalue weighted by molar-refractivity contribution is -0.121. The van der Waals surface area contributed by atoms with Crippen LogP contribution < -0.4 is 11.1 Å². The summed E-state index contributed by atoms with van der Waals surface area (Å²) in [5, 5.41) is 3.58. The third kappa shape index (κ3) is 1.78. The number of carbonyl (C=O) groups excluding carboxylic acids is 1. The van der Waals surface area contributed by atoms with E-state index in [-0.39, 0.29) is 22.8 Å². The SMILES string of the molecule is CC(CC1(C)Nc2ccccc2C1(C)C)C(N)=O. The summed E-state index contributed by atoms with van der Waals surface area (Å²) in [6.07, 6.45) is 0.740. The van der Waals surface area contributed by atoms with E-state index in [9.17, 15) is 4.79 Å². The zero-order valence-electron chi connectivity index (χ0n) is 11.6. The van der Waals surface area contributed by atoms with Crippen molar-refractivity contribution in [2.45, 2.75) is 45.1 Å². The summed E-state index contributed by atoms with van der Waals surface area (Å²) in [7, 11) is 0. The van der Waals surface area contributed by atoms with Crippen molar-refractivity contribution in [3.8, 4) is 0 Å². The molecule has 2 unspecified atom stereocenters. The van der Waals surface area contributed by atoms with Crippen molar-refractivity contribution in [1.29, 1.82) is 0 Å². The molecule has 1 aliphatic rings. The Morgan fingerprint density at radius 3 is 2.50 bits per heavy atom. The Bertz CT molecular complexity index is 481. The predicted molar refractivity (Wildman–Crippen MR) is 74.5 cm³/mol. The van der Waals surface area contributed by atoms with Crippen LogP contribution in [0.4, 0.5) is 5.69 Å². The van der Waals surface area contributed by atoms with E-state index in [0.717, 1.165) is 6.42 Å². The highest BCUT2D eigenvalue weighted by Crippen LogP contribution is 2.49. The number of benzene rings is 1. The van der Waals surface area contributed by atoms with Gasteiger partial charge in [0.1, 0.15) is 0 Å². The monoisotopic (exact) mass is 246 g/mol. The highest BCUT2D eigenvalue weighted by molar-refractivity contribution is 5.76. The standard InChI is InChI=1S/C15H22N2O/c1-10(13(16)18)9-15(4)14(2,3)11-7-5-6-8-12(11)17-15/h5-8,10,17H,9H2,1-4H3,(H2,16,18). The van der Waals surface area contributed by atoms with Gasteiger partial charge in [0.15, 0.2) is 0 Å². The maximum absolute atomic E-state index is 11.3. The van der Waals surface area contributed by atoms with Gasteiger partial charge in [0, 0.05) is 22.6 Å². The Balaban J connectivity index is 2.35. The van der Waals surface area contributed by atoms with Crippen LogP contribution in [-0.2, 0) is 10.2 Å². The molecule has 2 atom stereocenters. The van der Waals surface area contributed by atoms with Gasteiger partial charge in [0.25, 0.3) is 0 Å². The van der Waals surface area contributed by atoms with Crippen LogP contribution in [0, 0.1) is 5.92 Å². The van der Waals surface area contributed by atoms with Gasteiger partial charge in [0.2, 0.25) is 5.91 Å². The highest BCUT2D eigenvalue weighted by atomic mass is 16.1. The van der Waals surface area contributed by atoms with Gasteiger partial charge in [-0.15, -0.1) is 0 Å². The summed E-state index contributed by atoms with van der Waals surface area (Å²) in [5.74, 6) is -0.360. The average Bonchev–Trinajstić information content (AvgIpc) is 2.47. The first-order chi connectivity index (χ1) is 8.28. The minimum absolute atomic E-state index is 0.0205. The van der Waals surface area contributed by atoms with E-state index in [1.54, 1.807) is 0 Å². The van der Waals surface area contributed by atoms with E-state index in [2.05, 4.69) is 44.3 Å². The first-order valence-electron chi connectivity index (χ1n) is 6.45. The minimum atomic E-state index is -0.232. The first kappa shape index (κ1) is 12.9. The predicted octanol–water partition coefficient (Wildman–Crippen LogP) is 2.66. The summed E-state index contributed by atoms with van der Waals surface area (Å²) >= 11 is 0. The van der Waals surface area contributed by atoms with Crippen molar-refractivity contribution in [2.75, 3.05) is 5.32 Å². The molecule has 2 rings (SSSR count). The molecule has 3 nitrogen and oxygen atoms in total. The van der Waals surface area contributed by atoms with Crippen LogP contribution in [0.2, 0.25) is 0 Å². The lowest BCUT2D eigenvalue weighted by Gasteiger charge is -2.40. The molecule has 1 aliphatic heterocycles. The molecular weight excluding hydrogens is 224 g/mol. The summed E-state index contributed by atoms with van der Waals surface area (Å²) in [4.78, 5) is 11.3. The topological polar surface area (TPSA) is 55.1 Å². The number of fused-ring (bicyclic) bond motifs is 1. The molecule has 0 aliphatic carbocycles. The van der Waals surface area contributed by atoms with Crippen molar-refractivity contribution in [1.82, 2.24) is 0 Å². The van der Waals surface area contributed by atoms with Gasteiger partial charge in [-0.25, -0.2) is 0 Å². The van der Waals surface area contributed by atoms with Crippen LogP contribution in [0.3, 0.4) is 0 Å². The van der Waals surface area contributed by atoms with E-state index in [0.29, 0.717) is 0 Å². The summed E-state index contributed by atoms with van der Waals surface area (Å²) in [6.45, 7) is 8.51. The van der Waals surface area contributed by atoms with Crippen molar-refractivity contribution >= 4 is 11.6 Å². The zero-order chi connectivity index (χ0) is 13.6. The van der Waals surface area contributed by atoms with Crippen LogP contribution in [0.5, 0.6) is 0 Å². The number of hydrogen-bond donors (Lipinski definition) is 2. The maximum Gasteiger partial charge on any atom is 0.220 e. The molecule has 0 saturated heterocycles. The third-order valence-corrected chi connectivity index (χ3v) is 4.59. The Labute approximate surface area is 109 Å². The molecule has 0 radical (unpaired) electrons. The summed E-state index contributed by atoms with van der Waals surface area (Å²) in [6, 6.07) is 8.34. The molecule has 3 N–H and O–H groups in total. The maximum atomic E-state index is 11.3. The summed E-state index contributed by atoms with van der Waals surface area (Å²) in [5.41, 5.74) is 7.71. The molecule has 0 spiro atoms. The fourth-order valence-corrected chi connectivity index (χ4v) is 2.91. The lowest BCUT2D eigenvalue weighted by Crippen LogP contribution is -2.48. The number of para-hydroxylation sites is 1. The average molecular weight is 246 g/mol. The van der Waals surface area contributed by atoms with Crippen LogP contribution in [0.25, 0.3) is 0 Å². The van der Waals surface area contributed by atoms with Gasteiger partial charge in [-0.3, -0.25) is 4.79 Å². The number of anilines is 1. The second-order valence-corrected chi connectivity index (χ2v) is 6.14. The quantitative estimate of drug-likeness (QED) is 0.861. The molecule has 0 saturated carbocycles. The third-order valence-electron chi connectivity index (χ3n) is 4.59. The number of amides is 1. The number of nitrogens with two attached hydrogens (primary N) is 1. The lowest BCUT2D eigenvalue weighted by atomic mass is 9.68. The van der Waals surface area contributed by atoms with Crippen LogP contribution in [0.1, 0.15) is 39.7 Å². The normalized spacial score (nSPS) is 26.2. The zero-order valence-corrected chi connectivity index (χ0v) is 11.6. The van der Waals surface area contributed by atoms with E-state index >= 15 is 0 Å². The Hall–Kier alpha value is -1.51. The Morgan fingerprint density at radius 2 is 1.94 bits per heavy atom. The molecule has 1 aromatic rings. The molecule has 18 heavy (non-hydrogen) atoms. The van der Waals surface area contributed by atoms with Crippen molar-refractivity contribution in [3.63, 3.8) is 0 Å². The second kappa shape index (κ2) is 4.01. The van der Waals surface area contributed by atoms with E-state index in [4.69, 9.17) is 5.73 Å². The smallest absolute Gasteiger partial charge is 0.220 e. The van der Waals surface area contributed by atoms with Crippen LogP contribution in [0.15, 0.2) is 24.3 Å². The second-order valence-electron chi connectivity index (χ2n) is 6.14. The van der Waals surface area contributed by atoms with Crippen molar-refractivity contribution < 1.29 is 4.79 Å². The van der Waals surface area contributed by atoms with Crippen molar-refractivity contribution in [2.24, 2.45) is 11.7 Å². The number of rotatable bonds is 3. The van der Waals surface area contributed by atoms with Gasteiger partial charge >= 0.3 is 0 Å². The molecule has 98 valence electrons. The molecular formula is C15H22N2O. The Kier molecular flexibility index (Phi) is 2.88. The fourth-order valence-electron chi connectivity index (χ4n) is 2.91. The van der Waals surface area contributed by atoms with Crippen molar-refractivity contribution in [3.05, 3.63) is 29.8 Å². The molecule has 1 aromatic carbocycles. The minimum Gasteiger partial charge on any atom is -0.379 e. The first-order valence-corrected chi connectivity index (χ1v) is 6.45. The number of hydrogen-bond acceptors (Lipinski definition) is 2. The highest BCUT2D eigenvalue weighted by Gasteiger charge is 2.49. The van der Waals surface area contributed by atoms with E-state index < -0.39 is 0 Å². The van der Waals surface area contributed by atoms with Gasteiger partial charge in [-0.1, -0.05) is 39.0 Å². The van der Waals surface area contributed by atoms with Gasteiger partial charge < -0.3 is 11.1 Å². The van der Waals surface area contributed by atoms with Crippen LogP contribution in [-0.4, -0.2) is 11.4 Å². The van der Waals surface area contributed by atoms with E-state index in [1.807, 2.05) is 13.0 Å². The summed E-state index contributed by atoms with van der Waals surface area (Å²) < 4.78 is 0. The molecule has 0 fully saturated rings. The molecule has 0 bridgehead atoms. The van der Waals surface area contributed by atoms with Gasteiger partial charge in [0.05, 0.1) is 0 Å². The molecule has 3 heteroatoms. The fraction of sp³-hybridized carbons (Fsp3) is 0.533. The van der Waals surface area contributed by atoms with Gasteiger partial charge in [-0.05, 0) is 25.0 Å². The van der Waals surface area contributed by atoms with Gasteiger partial charge in [-0.2, -0.15) is 0 Å². The van der Waals surface area contributed by atoms with E-state index in [1.165, 1.54) is 11.3 Å². The molecule has 1 heterocycles. The largest absolute Gasteiger partial charge is 0.379 e. The number of primary amides is 1.